The summed E-state index contributed by atoms with van der Waals surface area (Å²) in [7, 11) is 0. The first-order chi connectivity index (χ1) is 11.6. The number of halogens is 1. The Morgan fingerprint density at radius 1 is 1.17 bits per heavy atom. The lowest BCUT2D eigenvalue weighted by Crippen LogP contribution is -2.34. The maximum atomic E-state index is 12.1. The molecule has 124 valence electrons. The Kier molecular flexibility index (Phi) is 5.30. The molecule has 24 heavy (non-hydrogen) atoms. The lowest BCUT2D eigenvalue weighted by molar-refractivity contribution is -0.125. The third-order valence-electron chi connectivity index (χ3n) is 4.10. The van der Waals surface area contributed by atoms with Crippen LogP contribution in [0.25, 0.3) is 0 Å². The number of fused-ring (bicyclic) bond motifs is 1. The number of esters is 1. The van der Waals surface area contributed by atoms with Crippen molar-refractivity contribution in [1.29, 1.82) is 0 Å². The van der Waals surface area contributed by atoms with E-state index < -0.39 is 5.97 Å². The molecular formula is C19H18BrNO3. The molecule has 1 aliphatic carbocycles. The van der Waals surface area contributed by atoms with Crippen molar-refractivity contribution < 1.29 is 14.3 Å². The van der Waals surface area contributed by atoms with E-state index in [0.29, 0.717) is 5.56 Å². The van der Waals surface area contributed by atoms with Crippen LogP contribution in [0.1, 0.15) is 40.4 Å². The fourth-order valence-electron chi connectivity index (χ4n) is 2.97. The van der Waals surface area contributed by atoms with Gasteiger partial charge in [-0.2, -0.15) is 0 Å². The average molecular weight is 388 g/mol. The summed E-state index contributed by atoms with van der Waals surface area (Å²) in [6.45, 7) is -0.274. The van der Waals surface area contributed by atoms with Crippen molar-refractivity contribution in [2.45, 2.75) is 25.3 Å². The van der Waals surface area contributed by atoms with Crippen LogP contribution in [-0.4, -0.2) is 18.5 Å². The van der Waals surface area contributed by atoms with Crippen molar-refractivity contribution in [3.8, 4) is 0 Å². The third-order valence-corrected chi connectivity index (χ3v) is 4.59. The minimum absolute atomic E-state index is 0.00739. The number of aryl methyl sites for hydroxylation is 1. The molecule has 0 bridgehead atoms. The molecule has 2 aromatic carbocycles. The molecular weight excluding hydrogens is 370 g/mol. The number of carbonyl (C=O) groups excluding carboxylic acids is 2. The normalized spacial score (nSPS) is 16.1. The monoisotopic (exact) mass is 387 g/mol. The predicted octanol–water partition coefficient (Wildman–Crippen LogP) is 3.80. The number of rotatable bonds is 4. The second-order valence-corrected chi connectivity index (χ2v) is 6.71. The molecule has 0 saturated carbocycles. The van der Waals surface area contributed by atoms with E-state index in [1.165, 1.54) is 5.56 Å². The topological polar surface area (TPSA) is 55.4 Å². The Morgan fingerprint density at radius 2 is 2.00 bits per heavy atom. The molecule has 4 nitrogen and oxygen atoms in total. The van der Waals surface area contributed by atoms with Crippen molar-refractivity contribution in [2.24, 2.45) is 0 Å². The van der Waals surface area contributed by atoms with Crippen molar-refractivity contribution >= 4 is 27.8 Å². The number of ether oxygens (including phenoxy) is 1. The van der Waals surface area contributed by atoms with Crippen molar-refractivity contribution in [3.05, 3.63) is 69.7 Å². The highest BCUT2D eigenvalue weighted by molar-refractivity contribution is 9.10. The van der Waals surface area contributed by atoms with Gasteiger partial charge in [-0.25, -0.2) is 4.79 Å². The maximum Gasteiger partial charge on any atom is 0.338 e. The summed E-state index contributed by atoms with van der Waals surface area (Å²) in [4.78, 5) is 24.1. The van der Waals surface area contributed by atoms with E-state index in [1.807, 2.05) is 24.3 Å². The lowest BCUT2D eigenvalue weighted by Gasteiger charge is -2.26. The van der Waals surface area contributed by atoms with Gasteiger partial charge >= 0.3 is 5.97 Å². The lowest BCUT2D eigenvalue weighted by atomic mass is 9.88. The third kappa shape index (κ3) is 4.03. The van der Waals surface area contributed by atoms with Crippen LogP contribution in [0.2, 0.25) is 0 Å². The quantitative estimate of drug-likeness (QED) is 0.811. The van der Waals surface area contributed by atoms with Gasteiger partial charge in [-0.1, -0.05) is 46.3 Å². The van der Waals surface area contributed by atoms with Crippen molar-refractivity contribution in [2.75, 3.05) is 6.61 Å². The molecule has 2 aromatic rings. The zero-order valence-electron chi connectivity index (χ0n) is 13.1. The highest BCUT2D eigenvalue weighted by Gasteiger charge is 2.21. The van der Waals surface area contributed by atoms with E-state index in [2.05, 4.69) is 27.3 Å². The van der Waals surface area contributed by atoms with Crippen LogP contribution in [0, 0.1) is 0 Å². The highest BCUT2D eigenvalue weighted by Crippen LogP contribution is 2.29. The van der Waals surface area contributed by atoms with Gasteiger partial charge in [0, 0.05) is 4.47 Å². The molecule has 0 aromatic heterocycles. The molecule has 1 atom stereocenters. The molecule has 0 saturated heterocycles. The number of carbonyl (C=O) groups is 2. The molecule has 1 N–H and O–H groups in total. The summed E-state index contributed by atoms with van der Waals surface area (Å²) < 4.78 is 5.89. The second-order valence-electron chi connectivity index (χ2n) is 5.80. The van der Waals surface area contributed by atoms with E-state index in [0.717, 1.165) is 29.3 Å². The minimum Gasteiger partial charge on any atom is -0.452 e. The molecule has 0 spiro atoms. The Morgan fingerprint density at radius 3 is 2.83 bits per heavy atom. The molecule has 0 radical (unpaired) electrons. The van der Waals surface area contributed by atoms with Gasteiger partial charge in [-0.3, -0.25) is 4.79 Å². The van der Waals surface area contributed by atoms with Gasteiger partial charge < -0.3 is 10.1 Å². The zero-order chi connectivity index (χ0) is 16.9. The number of benzene rings is 2. The van der Waals surface area contributed by atoms with Gasteiger partial charge in [0.2, 0.25) is 0 Å². The second kappa shape index (κ2) is 7.62. The van der Waals surface area contributed by atoms with E-state index in [1.54, 1.807) is 18.2 Å². The summed E-state index contributed by atoms with van der Waals surface area (Å²) >= 11 is 3.30. The fraction of sp³-hybridized carbons (Fsp3) is 0.263. The summed E-state index contributed by atoms with van der Waals surface area (Å²) in [6, 6.07) is 15.0. The molecule has 0 aliphatic heterocycles. The zero-order valence-corrected chi connectivity index (χ0v) is 14.7. The first-order valence-corrected chi connectivity index (χ1v) is 8.72. The van der Waals surface area contributed by atoms with E-state index in [9.17, 15) is 9.59 Å². The van der Waals surface area contributed by atoms with E-state index in [-0.39, 0.29) is 18.6 Å². The molecule has 3 rings (SSSR count). The van der Waals surface area contributed by atoms with Crippen LogP contribution in [0.5, 0.6) is 0 Å². The van der Waals surface area contributed by atoms with Gasteiger partial charge in [-0.05, 0) is 48.6 Å². The van der Waals surface area contributed by atoms with Gasteiger partial charge in [0.15, 0.2) is 6.61 Å². The van der Waals surface area contributed by atoms with Gasteiger partial charge in [0.25, 0.3) is 5.91 Å². The van der Waals surface area contributed by atoms with Crippen LogP contribution < -0.4 is 5.32 Å². The Balaban J connectivity index is 1.56. The fourth-order valence-corrected chi connectivity index (χ4v) is 3.37. The predicted molar refractivity (Wildman–Crippen MR) is 94.7 cm³/mol. The van der Waals surface area contributed by atoms with Crippen LogP contribution in [0.3, 0.4) is 0 Å². The molecule has 1 aliphatic rings. The number of hydrogen-bond acceptors (Lipinski definition) is 3. The summed E-state index contributed by atoms with van der Waals surface area (Å²) in [6.07, 6.45) is 2.99. The summed E-state index contributed by atoms with van der Waals surface area (Å²) in [5.41, 5.74) is 2.86. The Labute approximate surface area is 149 Å². The first-order valence-electron chi connectivity index (χ1n) is 7.93. The summed E-state index contributed by atoms with van der Waals surface area (Å²) in [5, 5.41) is 2.97. The van der Waals surface area contributed by atoms with Crippen molar-refractivity contribution in [1.82, 2.24) is 5.32 Å². The van der Waals surface area contributed by atoms with Crippen LogP contribution in [0.15, 0.2) is 53.0 Å². The molecule has 0 fully saturated rings. The number of hydrogen-bond donors (Lipinski definition) is 1. The van der Waals surface area contributed by atoms with Crippen LogP contribution in [0.4, 0.5) is 0 Å². The molecule has 1 amide bonds. The first kappa shape index (κ1) is 16.7. The van der Waals surface area contributed by atoms with E-state index in [4.69, 9.17) is 4.74 Å². The largest absolute Gasteiger partial charge is 0.452 e. The van der Waals surface area contributed by atoms with Gasteiger partial charge in [0.1, 0.15) is 0 Å². The molecule has 0 unspecified atom stereocenters. The van der Waals surface area contributed by atoms with Crippen LogP contribution in [-0.2, 0) is 16.0 Å². The summed E-state index contributed by atoms with van der Waals surface area (Å²) in [5.74, 6) is -0.782. The van der Waals surface area contributed by atoms with E-state index >= 15 is 0 Å². The van der Waals surface area contributed by atoms with Gasteiger partial charge in [-0.15, -0.1) is 0 Å². The number of nitrogens with one attached hydrogen (secondary N) is 1. The van der Waals surface area contributed by atoms with Gasteiger partial charge in [0.05, 0.1) is 11.6 Å². The SMILES string of the molecule is O=C(COC(=O)c1cccc(Br)c1)N[C@@H]1CCCc2ccccc21. The Bertz CT molecular complexity index is 760. The molecule has 0 heterocycles. The maximum absolute atomic E-state index is 12.1. The standard InChI is InChI=1S/C19H18BrNO3/c20-15-8-3-7-14(11-15)19(23)24-12-18(22)21-17-10-4-6-13-5-1-2-9-16(13)17/h1-3,5,7-9,11,17H,4,6,10,12H2,(H,21,22)/t17-/m1/s1. The average Bonchev–Trinajstić information content (AvgIpc) is 2.60. The highest BCUT2D eigenvalue weighted by atomic mass is 79.9. The smallest absolute Gasteiger partial charge is 0.338 e. The Hall–Kier alpha value is -2.14. The molecule has 5 heteroatoms. The van der Waals surface area contributed by atoms with Crippen LogP contribution >= 0.6 is 15.9 Å². The number of amides is 1. The van der Waals surface area contributed by atoms with Crippen molar-refractivity contribution in [3.63, 3.8) is 0 Å². The minimum atomic E-state index is -0.504.